The Kier molecular flexibility index (Phi) is 7.37. The van der Waals surface area contributed by atoms with Crippen LogP contribution in [-0.2, 0) is 27.3 Å². The second kappa shape index (κ2) is 10.4. The summed E-state index contributed by atoms with van der Waals surface area (Å²) < 4.78 is 10.8. The third-order valence-corrected chi connectivity index (χ3v) is 4.54. The van der Waals surface area contributed by atoms with Gasteiger partial charge in [0.15, 0.2) is 0 Å². The summed E-state index contributed by atoms with van der Waals surface area (Å²) in [7, 11) is 0. The molecule has 1 aliphatic heterocycles. The highest BCUT2D eigenvalue weighted by molar-refractivity contribution is 5.85. The first kappa shape index (κ1) is 19.8. The third-order valence-electron chi connectivity index (χ3n) is 4.54. The van der Waals surface area contributed by atoms with Crippen LogP contribution in [0.5, 0.6) is 0 Å². The fourth-order valence-corrected chi connectivity index (χ4v) is 3.01. The maximum Gasteiger partial charge on any atom is 0.408 e. The Morgan fingerprint density at radius 1 is 1.14 bits per heavy atom. The molecule has 1 aromatic heterocycles. The van der Waals surface area contributed by atoms with Crippen LogP contribution in [0.3, 0.4) is 0 Å². The van der Waals surface area contributed by atoms with Crippen molar-refractivity contribution >= 4 is 12.0 Å². The molecule has 7 nitrogen and oxygen atoms in total. The number of carbonyl (C=O) groups is 2. The quantitative estimate of drug-likeness (QED) is 0.730. The molecule has 7 heteroatoms. The second-order valence-corrected chi connectivity index (χ2v) is 6.70. The van der Waals surface area contributed by atoms with E-state index >= 15 is 0 Å². The molecule has 0 radical (unpaired) electrons. The van der Waals surface area contributed by atoms with Crippen molar-refractivity contribution in [1.82, 2.24) is 15.6 Å². The highest BCUT2D eigenvalue weighted by Crippen LogP contribution is 2.11. The molecule has 0 saturated carbocycles. The molecule has 2 amide bonds. The Hall–Kier alpha value is -2.93. The number of amides is 2. The highest BCUT2D eigenvalue weighted by Gasteiger charge is 2.24. The Morgan fingerprint density at radius 2 is 1.93 bits per heavy atom. The molecule has 2 atom stereocenters. The van der Waals surface area contributed by atoms with E-state index in [0.29, 0.717) is 13.0 Å². The van der Waals surface area contributed by atoms with E-state index in [-0.39, 0.29) is 18.6 Å². The van der Waals surface area contributed by atoms with Gasteiger partial charge in [-0.2, -0.15) is 0 Å². The predicted molar refractivity (Wildman–Crippen MR) is 103 cm³/mol. The van der Waals surface area contributed by atoms with Crippen molar-refractivity contribution in [2.75, 3.05) is 13.2 Å². The van der Waals surface area contributed by atoms with Gasteiger partial charge in [-0.05, 0) is 36.1 Å². The number of benzene rings is 1. The van der Waals surface area contributed by atoms with Gasteiger partial charge in [-0.25, -0.2) is 4.79 Å². The Labute approximate surface area is 164 Å². The molecule has 148 valence electrons. The topological polar surface area (TPSA) is 89.6 Å². The van der Waals surface area contributed by atoms with Crippen LogP contribution in [-0.4, -0.2) is 42.3 Å². The molecule has 0 spiro atoms. The van der Waals surface area contributed by atoms with Gasteiger partial charge in [-0.15, -0.1) is 0 Å². The van der Waals surface area contributed by atoms with E-state index in [2.05, 4.69) is 15.6 Å². The summed E-state index contributed by atoms with van der Waals surface area (Å²) in [5, 5.41) is 5.56. The number of carbonyl (C=O) groups excluding carboxylic acids is 2. The van der Waals surface area contributed by atoms with Gasteiger partial charge in [0.2, 0.25) is 5.91 Å². The van der Waals surface area contributed by atoms with Gasteiger partial charge in [0, 0.05) is 32.0 Å². The number of pyridine rings is 1. The lowest BCUT2D eigenvalue weighted by Crippen LogP contribution is -2.49. The number of alkyl carbamates (subject to hydrolysis) is 1. The van der Waals surface area contributed by atoms with Crippen molar-refractivity contribution in [2.24, 2.45) is 0 Å². The number of hydrogen-bond donors (Lipinski definition) is 2. The molecule has 1 aliphatic rings. The van der Waals surface area contributed by atoms with Crippen LogP contribution in [0, 0.1) is 0 Å². The number of aromatic nitrogens is 1. The lowest BCUT2D eigenvalue weighted by Gasteiger charge is -2.20. The summed E-state index contributed by atoms with van der Waals surface area (Å²) in [6, 6.07) is 12.4. The van der Waals surface area contributed by atoms with Crippen molar-refractivity contribution in [3.8, 4) is 0 Å². The van der Waals surface area contributed by atoms with Crippen LogP contribution in [0.15, 0.2) is 54.9 Å². The van der Waals surface area contributed by atoms with E-state index in [4.69, 9.17) is 9.47 Å². The lowest BCUT2D eigenvalue weighted by atomic mass is 10.1. The second-order valence-electron chi connectivity index (χ2n) is 6.70. The molecule has 1 saturated heterocycles. The van der Waals surface area contributed by atoms with Gasteiger partial charge in [0.1, 0.15) is 12.6 Å². The maximum atomic E-state index is 12.7. The van der Waals surface area contributed by atoms with Gasteiger partial charge in [0.25, 0.3) is 0 Å². The van der Waals surface area contributed by atoms with E-state index in [1.807, 2.05) is 30.3 Å². The summed E-state index contributed by atoms with van der Waals surface area (Å²) >= 11 is 0. The van der Waals surface area contributed by atoms with E-state index in [9.17, 15) is 9.59 Å². The number of nitrogens with one attached hydrogen (secondary N) is 2. The average Bonchev–Trinajstić information content (AvgIpc) is 3.25. The van der Waals surface area contributed by atoms with Gasteiger partial charge in [-0.1, -0.05) is 30.3 Å². The number of nitrogens with zero attached hydrogens (tertiary/aromatic N) is 1. The predicted octanol–water partition coefficient (Wildman–Crippen LogP) is 2.21. The monoisotopic (exact) mass is 383 g/mol. The highest BCUT2D eigenvalue weighted by atomic mass is 16.5. The van der Waals surface area contributed by atoms with Crippen molar-refractivity contribution in [3.05, 3.63) is 66.0 Å². The average molecular weight is 383 g/mol. The molecule has 3 rings (SSSR count). The fraction of sp³-hybridized carbons (Fsp3) is 0.381. The summed E-state index contributed by atoms with van der Waals surface area (Å²) in [5.74, 6) is -0.250. The third kappa shape index (κ3) is 6.35. The zero-order valence-corrected chi connectivity index (χ0v) is 15.7. The van der Waals surface area contributed by atoms with Gasteiger partial charge >= 0.3 is 6.09 Å². The van der Waals surface area contributed by atoms with Gasteiger partial charge < -0.3 is 20.1 Å². The molecule has 2 aromatic rings. The van der Waals surface area contributed by atoms with E-state index in [1.54, 1.807) is 24.5 Å². The minimum absolute atomic E-state index is 0.0416. The van der Waals surface area contributed by atoms with Gasteiger partial charge in [0.05, 0.1) is 6.10 Å². The van der Waals surface area contributed by atoms with Crippen molar-refractivity contribution in [2.45, 2.75) is 38.0 Å². The summed E-state index contributed by atoms with van der Waals surface area (Å²) in [4.78, 5) is 28.8. The van der Waals surface area contributed by atoms with E-state index < -0.39 is 12.1 Å². The minimum atomic E-state index is -0.728. The van der Waals surface area contributed by atoms with Crippen LogP contribution in [0.2, 0.25) is 0 Å². The zero-order chi connectivity index (χ0) is 19.6. The van der Waals surface area contributed by atoms with Crippen LogP contribution >= 0.6 is 0 Å². The zero-order valence-electron chi connectivity index (χ0n) is 15.7. The molecule has 0 bridgehead atoms. The van der Waals surface area contributed by atoms with Crippen molar-refractivity contribution < 1.29 is 19.1 Å². The van der Waals surface area contributed by atoms with Crippen LogP contribution in [0.25, 0.3) is 0 Å². The molecule has 1 fully saturated rings. The molecule has 1 unspecified atom stereocenters. The summed E-state index contributed by atoms with van der Waals surface area (Å²) in [5.41, 5.74) is 1.78. The van der Waals surface area contributed by atoms with E-state index in [1.165, 1.54) is 0 Å². The maximum absolute atomic E-state index is 12.7. The standard InChI is InChI=1S/C21H25N3O4/c25-20(23-14-18-7-4-12-27-18)19(13-16-5-2-1-3-6-16)24-21(26)28-15-17-8-10-22-11-9-17/h1-3,5-6,8-11,18-19H,4,7,12-15H2,(H,23,25)(H,24,26)/t18-,19?/m0/s1. The van der Waals surface area contributed by atoms with Crippen molar-refractivity contribution in [3.63, 3.8) is 0 Å². The molecule has 2 N–H and O–H groups in total. The molecule has 28 heavy (non-hydrogen) atoms. The Balaban J connectivity index is 1.56. The molecular formula is C21H25N3O4. The first-order valence-corrected chi connectivity index (χ1v) is 9.46. The molecular weight excluding hydrogens is 358 g/mol. The summed E-state index contributed by atoms with van der Waals surface area (Å²) in [6.07, 6.45) is 4.99. The molecule has 2 heterocycles. The normalized spacial score (nSPS) is 16.9. The van der Waals surface area contributed by atoms with Crippen molar-refractivity contribution in [1.29, 1.82) is 0 Å². The molecule has 0 aliphatic carbocycles. The smallest absolute Gasteiger partial charge is 0.408 e. The first-order chi connectivity index (χ1) is 13.7. The lowest BCUT2D eigenvalue weighted by molar-refractivity contribution is -0.123. The minimum Gasteiger partial charge on any atom is -0.445 e. The Bertz CT molecular complexity index is 749. The number of hydrogen-bond acceptors (Lipinski definition) is 5. The van der Waals surface area contributed by atoms with E-state index in [0.717, 1.165) is 30.6 Å². The largest absolute Gasteiger partial charge is 0.445 e. The number of rotatable bonds is 8. The fourth-order valence-electron chi connectivity index (χ4n) is 3.01. The first-order valence-electron chi connectivity index (χ1n) is 9.46. The van der Waals surface area contributed by atoms with Crippen LogP contribution < -0.4 is 10.6 Å². The molecule has 1 aromatic carbocycles. The summed E-state index contributed by atoms with van der Waals surface area (Å²) in [6.45, 7) is 1.29. The Morgan fingerprint density at radius 3 is 2.64 bits per heavy atom. The van der Waals surface area contributed by atoms with Crippen LogP contribution in [0.1, 0.15) is 24.0 Å². The number of ether oxygens (including phenoxy) is 2. The van der Waals surface area contributed by atoms with Gasteiger partial charge in [-0.3, -0.25) is 9.78 Å². The SMILES string of the molecule is O=C(NC(Cc1ccccc1)C(=O)NC[C@@H]1CCCO1)OCc1ccncc1. The van der Waals surface area contributed by atoms with Crippen LogP contribution in [0.4, 0.5) is 4.79 Å².